The Hall–Kier alpha value is -1.59. The first-order valence-electron chi connectivity index (χ1n) is 7.03. The Kier molecular flexibility index (Phi) is 4.85. The molecule has 0 saturated carbocycles. The van der Waals surface area contributed by atoms with Crippen molar-refractivity contribution in [3.05, 3.63) is 28.8 Å². The first-order valence-corrected chi connectivity index (χ1v) is 7.41. The van der Waals surface area contributed by atoms with Gasteiger partial charge in [0.2, 0.25) is 5.91 Å². The van der Waals surface area contributed by atoms with Crippen molar-refractivity contribution in [2.24, 2.45) is 5.41 Å². The van der Waals surface area contributed by atoms with Crippen LogP contribution in [0.1, 0.15) is 36.5 Å². The SMILES string of the molecule is CCC1(C(=O)Nc2cc(C(=O)O)ccc2Cl)CCNCC1. The standard InChI is InChI=1S/C15H19ClN2O3/c1-2-15(5-7-17-8-6-15)14(21)18-12-9-10(13(19)20)3-4-11(12)16/h3-4,9,17H,2,5-8H2,1H3,(H,18,21)(H,19,20). The maximum atomic E-state index is 12.6. The van der Waals surface area contributed by atoms with E-state index in [1.165, 1.54) is 18.2 Å². The van der Waals surface area contributed by atoms with Gasteiger partial charge in [-0.25, -0.2) is 4.79 Å². The van der Waals surface area contributed by atoms with Crippen molar-refractivity contribution in [3.8, 4) is 0 Å². The molecule has 2 rings (SSSR count). The summed E-state index contributed by atoms with van der Waals surface area (Å²) in [5.74, 6) is -1.13. The molecule has 0 bridgehead atoms. The number of carboxylic acid groups (broad SMARTS) is 1. The van der Waals surface area contributed by atoms with E-state index in [4.69, 9.17) is 16.7 Å². The molecule has 0 atom stereocenters. The summed E-state index contributed by atoms with van der Waals surface area (Å²) in [5.41, 5.74) is 0.0480. The van der Waals surface area contributed by atoms with Crippen LogP contribution >= 0.6 is 11.6 Å². The van der Waals surface area contributed by atoms with Gasteiger partial charge in [0.05, 0.1) is 21.7 Å². The molecule has 5 nitrogen and oxygen atoms in total. The molecular weight excluding hydrogens is 292 g/mol. The summed E-state index contributed by atoms with van der Waals surface area (Å²) in [5, 5.41) is 15.4. The van der Waals surface area contributed by atoms with Crippen LogP contribution in [0.25, 0.3) is 0 Å². The lowest BCUT2D eigenvalue weighted by Gasteiger charge is -2.35. The molecule has 1 fully saturated rings. The van der Waals surface area contributed by atoms with Gasteiger partial charge >= 0.3 is 5.97 Å². The van der Waals surface area contributed by atoms with Gasteiger partial charge in [0.1, 0.15) is 0 Å². The summed E-state index contributed by atoms with van der Waals surface area (Å²) in [6.45, 7) is 3.62. The number of carbonyl (C=O) groups excluding carboxylic acids is 1. The van der Waals surface area contributed by atoms with E-state index in [0.29, 0.717) is 10.7 Å². The number of aromatic carboxylic acids is 1. The molecule has 1 saturated heterocycles. The quantitative estimate of drug-likeness (QED) is 0.799. The van der Waals surface area contributed by atoms with E-state index in [1.807, 2.05) is 6.92 Å². The van der Waals surface area contributed by atoms with Crippen LogP contribution < -0.4 is 10.6 Å². The number of carbonyl (C=O) groups is 2. The summed E-state index contributed by atoms with van der Waals surface area (Å²) in [6.07, 6.45) is 2.29. The largest absolute Gasteiger partial charge is 0.478 e. The zero-order valence-electron chi connectivity index (χ0n) is 11.9. The third kappa shape index (κ3) is 3.36. The highest BCUT2D eigenvalue weighted by molar-refractivity contribution is 6.34. The Morgan fingerprint density at radius 3 is 2.62 bits per heavy atom. The zero-order valence-corrected chi connectivity index (χ0v) is 12.7. The molecule has 0 unspecified atom stereocenters. The predicted octanol–water partition coefficient (Wildman–Crippen LogP) is 2.76. The molecule has 1 amide bonds. The van der Waals surface area contributed by atoms with Crippen molar-refractivity contribution in [2.75, 3.05) is 18.4 Å². The molecule has 0 aliphatic carbocycles. The summed E-state index contributed by atoms with van der Waals surface area (Å²) in [4.78, 5) is 23.6. The van der Waals surface area contributed by atoms with E-state index >= 15 is 0 Å². The predicted molar refractivity (Wildman–Crippen MR) is 81.9 cm³/mol. The van der Waals surface area contributed by atoms with E-state index in [9.17, 15) is 9.59 Å². The highest BCUT2D eigenvalue weighted by atomic mass is 35.5. The van der Waals surface area contributed by atoms with Gasteiger partial charge in [-0.3, -0.25) is 4.79 Å². The summed E-state index contributed by atoms with van der Waals surface area (Å²) in [6, 6.07) is 4.30. The van der Waals surface area contributed by atoms with Crippen molar-refractivity contribution < 1.29 is 14.7 Å². The second kappa shape index (κ2) is 6.45. The van der Waals surface area contributed by atoms with Gasteiger partial charge in [-0.15, -0.1) is 0 Å². The Balaban J connectivity index is 2.22. The minimum atomic E-state index is -1.05. The fourth-order valence-corrected chi connectivity index (χ4v) is 2.82. The molecule has 1 aliphatic heterocycles. The van der Waals surface area contributed by atoms with Crippen LogP contribution in [0, 0.1) is 5.41 Å². The number of rotatable bonds is 4. The lowest BCUT2D eigenvalue weighted by Crippen LogP contribution is -2.44. The lowest BCUT2D eigenvalue weighted by molar-refractivity contribution is -0.127. The number of benzene rings is 1. The van der Waals surface area contributed by atoms with Gasteiger partial charge in [0.25, 0.3) is 0 Å². The minimum Gasteiger partial charge on any atom is -0.478 e. The monoisotopic (exact) mass is 310 g/mol. The van der Waals surface area contributed by atoms with Crippen molar-refractivity contribution in [1.82, 2.24) is 5.32 Å². The third-order valence-electron chi connectivity index (χ3n) is 4.18. The van der Waals surface area contributed by atoms with Crippen LogP contribution in [-0.2, 0) is 4.79 Å². The number of nitrogens with one attached hydrogen (secondary N) is 2. The lowest BCUT2D eigenvalue weighted by atomic mass is 9.76. The van der Waals surface area contributed by atoms with Gasteiger partial charge in [-0.2, -0.15) is 0 Å². The topological polar surface area (TPSA) is 78.4 Å². The van der Waals surface area contributed by atoms with Gasteiger partial charge < -0.3 is 15.7 Å². The van der Waals surface area contributed by atoms with Crippen LogP contribution in [0.15, 0.2) is 18.2 Å². The molecule has 1 aromatic carbocycles. The molecule has 21 heavy (non-hydrogen) atoms. The van der Waals surface area contributed by atoms with E-state index in [-0.39, 0.29) is 11.5 Å². The molecule has 0 radical (unpaired) electrons. The third-order valence-corrected chi connectivity index (χ3v) is 4.51. The normalized spacial score (nSPS) is 17.2. The molecule has 114 valence electrons. The van der Waals surface area contributed by atoms with Crippen LogP contribution in [-0.4, -0.2) is 30.1 Å². The van der Waals surface area contributed by atoms with E-state index in [1.54, 1.807) is 0 Å². The smallest absolute Gasteiger partial charge is 0.335 e. The Labute approximate surface area is 128 Å². The molecule has 0 aromatic heterocycles. The van der Waals surface area contributed by atoms with Crippen molar-refractivity contribution in [3.63, 3.8) is 0 Å². The highest BCUT2D eigenvalue weighted by Gasteiger charge is 2.37. The number of halogens is 1. The van der Waals surface area contributed by atoms with Crippen LogP contribution in [0.5, 0.6) is 0 Å². The number of anilines is 1. The molecule has 0 spiro atoms. The Morgan fingerprint density at radius 2 is 2.05 bits per heavy atom. The van der Waals surface area contributed by atoms with E-state index < -0.39 is 11.4 Å². The number of carboxylic acids is 1. The molecule has 1 aliphatic rings. The van der Waals surface area contributed by atoms with Crippen molar-refractivity contribution >= 4 is 29.2 Å². The first kappa shape index (κ1) is 15.8. The molecule has 3 N–H and O–H groups in total. The second-order valence-electron chi connectivity index (χ2n) is 5.34. The van der Waals surface area contributed by atoms with Crippen molar-refractivity contribution in [2.45, 2.75) is 26.2 Å². The minimum absolute atomic E-state index is 0.0871. The highest BCUT2D eigenvalue weighted by Crippen LogP contribution is 2.35. The maximum absolute atomic E-state index is 12.6. The van der Waals surface area contributed by atoms with Gasteiger partial charge in [0, 0.05) is 0 Å². The summed E-state index contributed by atoms with van der Waals surface area (Å²) >= 11 is 6.05. The average molecular weight is 311 g/mol. The van der Waals surface area contributed by atoms with Crippen LogP contribution in [0.2, 0.25) is 5.02 Å². The summed E-state index contributed by atoms with van der Waals surface area (Å²) in [7, 11) is 0. The number of amides is 1. The van der Waals surface area contributed by atoms with Crippen LogP contribution in [0.3, 0.4) is 0 Å². The fourth-order valence-electron chi connectivity index (χ4n) is 2.66. The zero-order chi connectivity index (χ0) is 15.5. The van der Waals surface area contributed by atoms with Crippen LogP contribution in [0.4, 0.5) is 5.69 Å². The van der Waals surface area contributed by atoms with Gasteiger partial charge in [-0.1, -0.05) is 18.5 Å². The second-order valence-corrected chi connectivity index (χ2v) is 5.74. The first-order chi connectivity index (χ1) is 9.98. The number of hydrogen-bond donors (Lipinski definition) is 3. The van der Waals surface area contributed by atoms with Gasteiger partial charge in [0.15, 0.2) is 0 Å². The Morgan fingerprint density at radius 1 is 1.38 bits per heavy atom. The number of hydrogen-bond acceptors (Lipinski definition) is 3. The van der Waals surface area contributed by atoms with E-state index in [2.05, 4.69) is 10.6 Å². The molecule has 1 heterocycles. The Bertz CT molecular complexity index is 554. The molecular formula is C15H19ClN2O3. The summed E-state index contributed by atoms with van der Waals surface area (Å²) < 4.78 is 0. The van der Waals surface area contributed by atoms with E-state index in [0.717, 1.165) is 32.4 Å². The molecule has 6 heteroatoms. The fraction of sp³-hybridized carbons (Fsp3) is 0.467. The molecule has 1 aromatic rings. The maximum Gasteiger partial charge on any atom is 0.335 e. The number of piperidine rings is 1. The average Bonchev–Trinajstić information content (AvgIpc) is 2.49. The van der Waals surface area contributed by atoms with Crippen molar-refractivity contribution in [1.29, 1.82) is 0 Å². The van der Waals surface area contributed by atoms with Gasteiger partial charge in [-0.05, 0) is 50.6 Å².